The second kappa shape index (κ2) is 7.99. The summed E-state index contributed by atoms with van der Waals surface area (Å²) in [6.07, 6.45) is 1.87. The molecule has 1 unspecified atom stereocenters. The van der Waals surface area contributed by atoms with E-state index in [1.165, 1.54) is 0 Å². The average Bonchev–Trinajstić information content (AvgIpc) is 2.57. The number of nitrogens with zero attached hydrogens (tertiary/aromatic N) is 2. The molecular weight excluding hydrogens is 246 g/mol. The summed E-state index contributed by atoms with van der Waals surface area (Å²) >= 11 is 0. The van der Waals surface area contributed by atoms with Gasteiger partial charge in [0.05, 0.1) is 6.61 Å². The van der Waals surface area contributed by atoms with Gasteiger partial charge < -0.3 is 19.9 Å². The topological polar surface area (TPSA) is 61.9 Å². The first-order valence-corrected chi connectivity index (χ1v) is 6.97. The monoisotopic (exact) mass is 271 g/mol. The highest BCUT2D eigenvalue weighted by atomic mass is 16.5. The van der Waals surface area contributed by atoms with Gasteiger partial charge in [0.1, 0.15) is 6.54 Å². The Labute approximate surface area is 115 Å². The van der Waals surface area contributed by atoms with Crippen molar-refractivity contribution in [3.05, 3.63) is 0 Å². The van der Waals surface area contributed by atoms with Crippen molar-refractivity contribution in [2.75, 3.05) is 39.8 Å². The third kappa shape index (κ3) is 5.06. The Morgan fingerprint density at radius 1 is 1.32 bits per heavy atom. The Hall–Kier alpha value is -1.30. The molecule has 1 saturated heterocycles. The lowest BCUT2D eigenvalue weighted by atomic mass is 10.2. The van der Waals surface area contributed by atoms with E-state index in [4.69, 9.17) is 4.74 Å². The predicted octanol–water partition coefficient (Wildman–Crippen LogP) is 0.675. The van der Waals surface area contributed by atoms with E-state index in [0.29, 0.717) is 6.61 Å². The van der Waals surface area contributed by atoms with Crippen molar-refractivity contribution in [1.82, 2.24) is 15.1 Å². The Morgan fingerprint density at radius 2 is 2.05 bits per heavy atom. The van der Waals surface area contributed by atoms with Gasteiger partial charge in [0.2, 0.25) is 0 Å². The van der Waals surface area contributed by atoms with Crippen molar-refractivity contribution >= 4 is 12.0 Å². The minimum Gasteiger partial charge on any atom is -0.465 e. The number of ether oxygens (including phenoxy) is 1. The van der Waals surface area contributed by atoms with Crippen LogP contribution in [0, 0.1) is 0 Å². The molecule has 6 heteroatoms. The molecule has 6 nitrogen and oxygen atoms in total. The normalized spacial score (nSPS) is 20.8. The van der Waals surface area contributed by atoms with Crippen molar-refractivity contribution in [2.24, 2.45) is 0 Å². The fraction of sp³-hybridized carbons (Fsp3) is 0.846. The molecule has 1 rings (SSSR count). The fourth-order valence-corrected chi connectivity index (χ4v) is 2.32. The number of urea groups is 1. The number of nitrogens with one attached hydrogen (secondary N) is 1. The Kier molecular flexibility index (Phi) is 6.62. The van der Waals surface area contributed by atoms with Crippen LogP contribution in [0.15, 0.2) is 0 Å². The van der Waals surface area contributed by atoms with Gasteiger partial charge in [0, 0.05) is 19.1 Å². The third-order valence-corrected chi connectivity index (χ3v) is 3.32. The van der Waals surface area contributed by atoms with E-state index in [1.54, 1.807) is 6.92 Å². The number of hydrogen-bond donors (Lipinski definition) is 1. The first-order valence-electron chi connectivity index (χ1n) is 6.97. The molecule has 1 fully saturated rings. The molecule has 19 heavy (non-hydrogen) atoms. The molecule has 0 aliphatic carbocycles. The lowest BCUT2D eigenvalue weighted by molar-refractivity contribution is -0.141. The van der Waals surface area contributed by atoms with E-state index >= 15 is 0 Å². The maximum absolute atomic E-state index is 12.1. The van der Waals surface area contributed by atoms with Gasteiger partial charge in [0.25, 0.3) is 0 Å². The molecule has 1 aliphatic heterocycles. The van der Waals surface area contributed by atoms with Crippen LogP contribution in [0.4, 0.5) is 4.79 Å². The summed E-state index contributed by atoms with van der Waals surface area (Å²) < 4.78 is 4.79. The zero-order valence-corrected chi connectivity index (χ0v) is 12.1. The molecule has 110 valence electrons. The van der Waals surface area contributed by atoms with Gasteiger partial charge in [-0.05, 0) is 33.4 Å². The second-order valence-corrected chi connectivity index (χ2v) is 4.83. The summed E-state index contributed by atoms with van der Waals surface area (Å²) in [5.74, 6) is -0.393. The molecule has 0 aromatic heterocycles. The minimum absolute atomic E-state index is 0.0601. The molecule has 0 radical (unpaired) electrons. The smallest absolute Gasteiger partial charge is 0.325 e. The SMILES string of the molecule is CCOC(=O)CNC(=O)N1CCCN(C)CC1CC. The van der Waals surface area contributed by atoms with Crippen molar-refractivity contribution in [1.29, 1.82) is 0 Å². The van der Waals surface area contributed by atoms with Crippen molar-refractivity contribution in [3.63, 3.8) is 0 Å². The molecule has 1 aliphatic rings. The number of hydrogen-bond acceptors (Lipinski definition) is 4. The van der Waals surface area contributed by atoms with Gasteiger partial charge in [-0.2, -0.15) is 0 Å². The quantitative estimate of drug-likeness (QED) is 0.764. The van der Waals surface area contributed by atoms with Crippen LogP contribution in [0.5, 0.6) is 0 Å². The molecule has 1 N–H and O–H groups in total. The molecule has 1 atom stereocenters. The molecular formula is C13H25N3O3. The molecule has 0 spiro atoms. The van der Waals surface area contributed by atoms with Crippen molar-refractivity contribution < 1.29 is 14.3 Å². The van der Waals surface area contributed by atoms with Gasteiger partial charge in [-0.1, -0.05) is 6.92 Å². The lowest BCUT2D eigenvalue weighted by Crippen LogP contribution is -2.49. The highest BCUT2D eigenvalue weighted by Gasteiger charge is 2.26. The number of amides is 2. The van der Waals surface area contributed by atoms with Crippen LogP contribution in [0.3, 0.4) is 0 Å². The van der Waals surface area contributed by atoms with Crippen LogP contribution in [0.2, 0.25) is 0 Å². The van der Waals surface area contributed by atoms with Gasteiger partial charge in [-0.25, -0.2) is 4.79 Å². The largest absolute Gasteiger partial charge is 0.465 e. The lowest BCUT2D eigenvalue weighted by Gasteiger charge is -2.30. The highest BCUT2D eigenvalue weighted by molar-refractivity contribution is 5.81. The fourth-order valence-electron chi connectivity index (χ4n) is 2.32. The second-order valence-electron chi connectivity index (χ2n) is 4.83. The zero-order chi connectivity index (χ0) is 14.3. The maximum atomic E-state index is 12.1. The van der Waals surface area contributed by atoms with Gasteiger partial charge >= 0.3 is 12.0 Å². The molecule has 1 heterocycles. The van der Waals surface area contributed by atoms with E-state index in [2.05, 4.69) is 24.2 Å². The predicted molar refractivity (Wildman–Crippen MR) is 72.9 cm³/mol. The van der Waals surface area contributed by atoms with Crippen LogP contribution in [0.25, 0.3) is 0 Å². The van der Waals surface area contributed by atoms with E-state index in [-0.39, 0.29) is 18.6 Å². The Bertz CT molecular complexity index is 310. The molecule has 0 bridgehead atoms. The minimum atomic E-state index is -0.393. The molecule has 0 saturated carbocycles. The summed E-state index contributed by atoms with van der Waals surface area (Å²) in [6.45, 7) is 6.71. The van der Waals surface area contributed by atoms with Crippen molar-refractivity contribution in [2.45, 2.75) is 32.7 Å². The number of likely N-dealkylation sites (N-methyl/N-ethyl adjacent to an activating group) is 1. The highest BCUT2D eigenvalue weighted by Crippen LogP contribution is 2.11. The third-order valence-electron chi connectivity index (χ3n) is 3.32. The molecule has 2 amide bonds. The molecule has 0 aromatic rings. The number of rotatable bonds is 4. The Morgan fingerprint density at radius 3 is 2.68 bits per heavy atom. The van der Waals surface area contributed by atoms with E-state index in [9.17, 15) is 9.59 Å². The Balaban J connectivity index is 2.50. The number of esters is 1. The van der Waals surface area contributed by atoms with Gasteiger partial charge in [-0.15, -0.1) is 0 Å². The van der Waals surface area contributed by atoms with Crippen LogP contribution in [-0.2, 0) is 9.53 Å². The van der Waals surface area contributed by atoms with Crippen LogP contribution in [-0.4, -0.2) is 67.7 Å². The summed E-state index contributed by atoms with van der Waals surface area (Å²) in [5.41, 5.74) is 0. The van der Waals surface area contributed by atoms with E-state index < -0.39 is 5.97 Å². The summed E-state index contributed by atoms with van der Waals surface area (Å²) in [7, 11) is 2.07. The number of carbonyl (C=O) groups is 2. The standard InChI is InChI=1S/C13H25N3O3/c1-4-11-10-15(3)7-6-8-16(11)13(18)14-9-12(17)19-5-2/h11H,4-10H2,1-3H3,(H,14,18). The van der Waals surface area contributed by atoms with Crippen LogP contribution < -0.4 is 5.32 Å². The van der Waals surface area contributed by atoms with Gasteiger partial charge in [0.15, 0.2) is 0 Å². The van der Waals surface area contributed by atoms with Crippen LogP contribution >= 0.6 is 0 Å². The van der Waals surface area contributed by atoms with E-state index in [0.717, 1.165) is 32.5 Å². The van der Waals surface area contributed by atoms with Crippen molar-refractivity contribution in [3.8, 4) is 0 Å². The summed E-state index contributed by atoms with van der Waals surface area (Å²) in [5, 5.41) is 2.64. The van der Waals surface area contributed by atoms with Crippen LogP contribution in [0.1, 0.15) is 26.7 Å². The average molecular weight is 271 g/mol. The summed E-state index contributed by atoms with van der Waals surface area (Å²) in [4.78, 5) is 27.4. The van der Waals surface area contributed by atoms with E-state index in [1.807, 2.05) is 4.90 Å². The summed E-state index contributed by atoms with van der Waals surface area (Å²) in [6, 6.07) is 0.0323. The first kappa shape index (κ1) is 15.8. The number of carbonyl (C=O) groups excluding carboxylic acids is 2. The zero-order valence-electron chi connectivity index (χ0n) is 12.1. The maximum Gasteiger partial charge on any atom is 0.325 e. The molecule has 0 aromatic carbocycles. The first-order chi connectivity index (χ1) is 9.08. The van der Waals surface area contributed by atoms with Gasteiger partial charge in [-0.3, -0.25) is 4.79 Å².